The first-order valence-corrected chi connectivity index (χ1v) is 7.01. The lowest BCUT2D eigenvalue weighted by Gasteiger charge is -2.17. The summed E-state index contributed by atoms with van der Waals surface area (Å²) in [5.41, 5.74) is 0.252. The molecule has 21 heavy (non-hydrogen) atoms. The van der Waals surface area contributed by atoms with Gasteiger partial charge in [0, 0.05) is 19.3 Å². The number of hydrogen-bond acceptors (Lipinski definition) is 4. The molecule has 0 aliphatic heterocycles. The average molecular weight is 328 g/mol. The zero-order valence-corrected chi connectivity index (χ0v) is 12.9. The summed E-state index contributed by atoms with van der Waals surface area (Å²) in [5.74, 6) is -0.585. The van der Waals surface area contributed by atoms with E-state index in [4.69, 9.17) is 33.6 Å². The SMILES string of the molecule is CCN(/C=C(/C#N)C(=O)Nc1cccc(Cl)c1Cl)CCO. The van der Waals surface area contributed by atoms with Gasteiger partial charge in [0.1, 0.15) is 11.6 Å². The zero-order chi connectivity index (χ0) is 15.8. The molecule has 0 saturated carbocycles. The largest absolute Gasteiger partial charge is 0.395 e. The van der Waals surface area contributed by atoms with Crippen LogP contribution in [-0.2, 0) is 4.79 Å². The normalized spacial score (nSPS) is 10.9. The summed E-state index contributed by atoms with van der Waals surface area (Å²) < 4.78 is 0. The number of aliphatic hydroxyl groups is 1. The Kier molecular flexibility index (Phi) is 7.03. The molecule has 5 nitrogen and oxygen atoms in total. The number of amides is 1. The van der Waals surface area contributed by atoms with E-state index in [9.17, 15) is 4.79 Å². The van der Waals surface area contributed by atoms with Gasteiger partial charge in [-0.3, -0.25) is 4.79 Å². The van der Waals surface area contributed by atoms with Crippen LogP contribution in [-0.4, -0.2) is 35.6 Å². The van der Waals surface area contributed by atoms with E-state index in [2.05, 4.69) is 5.32 Å². The molecule has 0 bridgehead atoms. The molecule has 1 amide bonds. The first kappa shape index (κ1) is 17.3. The highest BCUT2D eigenvalue weighted by Gasteiger charge is 2.13. The second-order valence-electron chi connectivity index (χ2n) is 4.06. The van der Waals surface area contributed by atoms with Gasteiger partial charge in [-0.25, -0.2) is 0 Å². The Bertz CT molecular complexity index is 582. The van der Waals surface area contributed by atoms with Crippen LogP contribution >= 0.6 is 23.2 Å². The first-order valence-electron chi connectivity index (χ1n) is 6.25. The van der Waals surface area contributed by atoms with Crippen LogP contribution in [0.25, 0.3) is 0 Å². The fourth-order valence-electron chi connectivity index (χ4n) is 1.55. The van der Waals surface area contributed by atoms with Gasteiger partial charge < -0.3 is 15.3 Å². The van der Waals surface area contributed by atoms with Crippen LogP contribution in [0.1, 0.15) is 6.92 Å². The topological polar surface area (TPSA) is 76.4 Å². The molecule has 7 heteroatoms. The third kappa shape index (κ3) is 4.94. The number of hydrogen-bond donors (Lipinski definition) is 2. The molecule has 2 N–H and O–H groups in total. The monoisotopic (exact) mass is 327 g/mol. The van der Waals surface area contributed by atoms with Gasteiger partial charge in [0.25, 0.3) is 5.91 Å². The summed E-state index contributed by atoms with van der Waals surface area (Å²) in [7, 11) is 0. The van der Waals surface area contributed by atoms with Crippen LogP contribution in [0.5, 0.6) is 0 Å². The number of rotatable bonds is 6. The lowest BCUT2D eigenvalue weighted by atomic mass is 10.2. The number of halogens is 2. The molecule has 1 aromatic rings. The van der Waals surface area contributed by atoms with E-state index in [1.54, 1.807) is 23.1 Å². The van der Waals surface area contributed by atoms with Crippen LogP contribution in [0, 0.1) is 11.3 Å². The summed E-state index contributed by atoms with van der Waals surface area (Å²) in [5, 5.41) is 21.1. The third-order valence-corrected chi connectivity index (χ3v) is 3.49. The van der Waals surface area contributed by atoms with E-state index in [-0.39, 0.29) is 17.2 Å². The molecular weight excluding hydrogens is 313 g/mol. The number of nitrogens with one attached hydrogen (secondary N) is 1. The summed E-state index contributed by atoms with van der Waals surface area (Å²) in [6, 6.07) is 6.66. The quantitative estimate of drug-likeness (QED) is 0.622. The average Bonchev–Trinajstić information content (AvgIpc) is 2.48. The fourth-order valence-corrected chi connectivity index (χ4v) is 1.90. The van der Waals surface area contributed by atoms with E-state index in [1.807, 2.05) is 13.0 Å². The minimum absolute atomic E-state index is 0.0647. The number of carbonyl (C=O) groups excluding carboxylic acids is 1. The molecule has 112 valence electrons. The van der Waals surface area contributed by atoms with Crippen molar-refractivity contribution in [1.82, 2.24) is 4.90 Å². The molecule has 0 atom stereocenters. The summed E-state index contributed by atoms with van der Waals surface area (Å²) in [6.45, 7) is 2.70. The number of aliphatic hydroxyl groups excluding tert-OH is 1. The van der Waals surface area contributed by atoms with Crippen molar-refractivity contribution < 1.29 is 9.90 Å². The molecule has 0 aromatic heterocycles. The maximum absolute atomic E-state index is 12.1. The van der Waals surface area contributed by atoms with Crippen molar-refractivity contribution in [2.75, 3.05) is 25.0 Å². The molecule has 0 spiro atoms. The van der Waals surface area contributed by atoms with Crippen molar-refractivity contribution >= 4 is 34.8 Å². The van der Waals surface area contributed by atoms with Crippen molar-refractivity contribution in [1.29, 1.82) is 5.26 Å². The summed E-state index contributed by atoms with van der Waals surface area (Å²) in [4.78, 5) is 13.7. The molecule has 0 heterocycles. The van der Waals surface area contributed by atoms with Crippen LogP contribution in [0.2, 0.25) is 10.0 Å². The smallest absolute Gasteiger partial charge is 0.267 e. The van der Waals surface area contributed by atoms with Gasteiger partial charge in [-0.2, -0.15) is 5.26 Å². The molecule has 0 saturated heterocycles. The maximum atomic E-state index is 12.1. The molecule has 0 unspecified atom stereocenters. The van der Waals surface area contributed by atoms with E-state index < -0.39 is 5.91 Å². The summed E-state index contributed by atoms with van der Waals surface area (Å²) >= 11 is 11.8. The predicted octanol–water partition coefficient (Wildman–Crippen LogP) is 2.65. The van der Waals surface area contributed by atoms with Crippen LogP contribution in [0.3, 0.4) is 0 Å². The van der Waals surface area contributed by atoms with Crippen molar-refractivity contribution in [3.63, 3.8) is 0 Å². The van der Waals surface area contributed by atoms with Crippen LogP contribution in [0.4, 0.5) is 5.69 Å². The highest BCUT2D eigenvalue weighted by molar-refractivity contribution is 6.44. The molecular formula is C14H15Cl2N3O2. The van der Waals surface area contributed by atoms with E-state index in [1.165, 1.54) is 6.20 Å². The van der Waals surface area contributed by atoms with Crippen molar-refractivity contribution in [2.24, 2.45) is 0 Å². The Morgan fingerprint density at radius 1 is 1.52 bits per heavy atom. The number of benzene rings is 1. The van der Waals surface area contributed by atoms with Crippen LogP contribution in [0.15, 0.2) is 30.0 Å². The van der Waals surface area contributed by atoms with Gasteiger partial charge in [-0.05, 0) is 19.1 Å². The number of nitrogens with zero attached hydrogens (tertiary/aromatic N) is 2. The summed E-state index contributed by atoms with van der Waals surface area (Å²) in [6.07, 6.45) is 1.41. The fraction of sp³-hybridized carbons (Fsp3) is 0.286. The van der Waals surface area contributed by atoms with Crippen molar-refractivity contribution in [3.05, 3.63) is 40.0 Å². The maximum Gasteiger partial charge on any atom is 0.267 e. The molecule has 0 radical (unpaired) electrons. The highest BCUT2D eigenvalue weighted by atomic mass is 35.5. The molecule has 0 fully saturated rings. The van der Waals surface area contributed by atoms with Gasteiger partial charge in [0.15, 0.2) is 0 Å². The Morgan fingerprint density at radius 2 is 2.24 bits per heavy atom. The molecule has 0 aliphatic rings. The third-order valence-electron chi connectivity index (χ3n) is 2.67. The second kappa shape index (κ2) is 8.53. The minimum Gasteiger partial charge on any atom is -0.395 e. The Morgan fingerprint density at radius 3 is 2.81 bits per heavy atom. The van der Waals surface area contributed by atoms with Gasteiger partial charge in [-0.1, -0.05) is 29.3 Å². The number of anilines is 1. The Labute approximate surface area is 133 Å². The molecule has 1 aromatic carbocycles. The lowest BCUT2D eigenvalue weighted by molar-refractivity contribution is -0.112. The Balaban J connectivity index is 2.92. The van der Waals surface area contributed by atoms with E-state index >= 15 is 0 Å². The highest BCUT2D eigenvalue weighted by Crippen LogP contribution is 2.29. The number of nitriles is 1. The van der Waals surface area contributed by atoms with Crippen molar-refractivity contribution in [2.45, 2.75) is 6.92 Å². The zero-order valence-electron chi connectivity index (χ0n) is 11.4. The van der Waals surface area contributed by atoms with Gasteiger partial charge in [0.2, 0.25) is 0 Å². The van der Waals surface area contributed by atoms with Gasteiger partial charge in [0.05, 0.1) is 22.3 Å². The second-order valence-corrected chi connectivity index (χ2v) is 4.85. The van der Waals surface area contributed by atoms with Gasteiger partial charge in [-0.15, -0.1) is 0 Å². The van der Waals surface area contributed by atoms with Crippen LogP contribution < -0.4 is 5.32 Å². The van der Waals surface area contributed by atoms with Crippen molar-refractivity contribution in [3.8, 4) is 6.07 Å². The van der Waals surface area contributed by atoms with E-state index in [0.717, 1.165) is 0 Å². The van der Waals surface area contributed by atoms with E-state index in [0.29, 0.717) is 23.8 Å². The van der Waals surface area contributed by atoms with Gasteiger partial charge >= 0.3 is 0 Å². The number of likely N-dealkylation sites (N-methyl/N-ethyl adjacent to an activating group) is 1. The first-order chi connectivity index (χ1) is 10.0. The minimum atomic E-state index is -0.585. The Hall–Kier alpha value is -1.74. The standard InChI is InChI=1S/C14H15Cl2N3O2/c1-2-19(6-7-20)9-10(8-17)14(21)18-12-5-3-4-11(15)13(12)16/h3-5,9,20H,2,6-7H2,1H3,(H,18,21)/b10-9-. The number of carbonyl (C=O) groups is 1. The molecule has 0 aliphatic carbocycles. The predicted molar refractivity (Wildman–Crippen MR) is 83.1 cm³/mol. The lowest BCUT2D eigenvalue weighted by Crippen LogP contribution is -2.23. The molecule has 1 rings (SSSR count).